The first-order valence-electron chi connectivity index (χ1n) is 7.71. The quantitative estimate of drug-likeness (QED) is 0.709. The molecule has 3 aromatic rings. The number of carbonyl (C=O) groups is 1. The maximum Gasteiger partial charge on any atom is 0.405 e. The van der Waals surface area contributed by atoms with Gasteiger partial charge in [-0.2, -0.15) is 13.2 Å². The second-order valence-electron chi connectivity index (χ2n) is 5.35. The zero-order valence-electron chi connectivity index (χ0n) is 13.7. The van der Waals surface area contributed by atoms with Crippen molar-refractivity contribution in [3.63, 3.8) is 0 Å². The van der Waals surface area contributed by atoms with Crippen molar-refractivity contribution in [2.45, 2.75) is 12.8 Å². The first-order chi connectivity index (χ1) is 12.9. The Labute approximate surface area is 151 Å². The number of nitrogens with zero attached hydrogens (tertiary/aromatic N) is 3. The highest BCUT2D eigenvalue weighted by Gasteiger charge is 2.28. The summed E-state index contributed by atoms with van der Waals surface area (Å²) in [4.78, 5) is 20.1. The highest BCUT2D eigenvalue weighted by atomic mass is 19.4. The van der Waals surface area contributed by atoms with E-state index in [1.807, 2.05) is 0 Å². The topological polar surface area (TPSA) is 90.1 Å². The molecule has 27 heavy (non-hydrogen) atoms. The van der Waals surface area contributed by atoms with Gasteiger partial charge in [0.2, 0.25) is 5.88 Å². The van der Waals surface area contributed by atoms with Crippen molar-refractivity contribution >= 4 is 5.91 Å². The molecule has 1 N–H and O–H groups in total. The van der Waals surface area contributed by atoms with E-state index in [-0.39, 0.29) is 18.1 Å². The normalized spacial score (nSPS) is 11.2. The molecule has 0 bridgehead atoms. The summed E-state index contributed by atoms with van der Waals surface area (Å²) >= 11 is 0. The van der Waals surface area contributed by atoms with Crippen molar-refractivity contribution in [3.05, 3.63) is 60.1 Å². The molecule has 0 radical (unpaired) electrons. The molecule has 0 spiro atoms. The van der Waals surface area contributed by atoms with E-state index >= 15 is 0 Å². The van der Waals surface area contributed by atoms with Crippen molar-refractivity contribution in [1.82, 2.24) is 20.4 Å². The van der Waals surface area contributed by atoms with Gasteiger partial charge in [0.25, 0.3) is 5.91 Å². The van der Waals surface area contributed by atoms with Crippen LogP contribution >= 0.6 is 0 Å². The molecule has 7 nitrogen and oxygen atoms in total. The number of nitrogens with one attached hydrogen (secondary N) is 1. The van der Waals surface area contributed by atoms with Crippen molar-refractivity contribution in [2.24, 2.45) is 0 Å². The summed E-state index contributed by atoms with van der Waals surface area (Å²) in [6, 6.07) is 8.01. The predicted molar refractivity (Wildman–Crippen MR) is 86.7 cm³/mol. The number of hydrogen-bond donors (Lipinski definition) is 1. The van der Waals surface area contributed by atoms with Crippen LogP contribution in [-0.4, -0.2) is 33.8 Å². The molecule has 3 aromatic heterocycles. The van der Waals surface area contributed by atoms with E-state index in [2.05, 4.69) is 15.1 Å². The molecule has 0 fully saturated rings. The van der Waals surface area contributed by atoms with Crippen LogP contribution in [0.1, 0.15) is 15.9 Å². The first kappa shape index (κ1) is 18.4. The number of amides is 1. The largest absolute Gasteiger partial charge is 0.472 e. The van der Waals surface area contributed by atoms with Gasteiger partial charge < -0.3 is 14.6 Å². The van der Waals surface area contributed by atoms with Crippen LogP contribution < -0.4 is 10.1 Å². The number of carbonyl (C=O) groups excluding carboxylic acids is 1. The fourth-order valence-electron chi connectivity index (χ4n) is 2.17. The lowest BCUT2D eigenvalue weighted by Gasteiger charge is -2.11. The minimum absolute atomic E-state index is 0.0635. The molecule has 140 valence electrons. The summed E-state index contributed by atoms with van der Waals surface area (Å²) in [5, 5.41) is 5.66. The molecule has 1 amide bonds. The second-order valence-corrected chi connectivity index (χ2v) is 5.35. The van der Waals surface area contributed by atoms with Crippen LogP contribution in [0.3, 0.4) is 0 Å². The van der Waals surface area contributed by atoms with Crippen LogP contribution in [0.15, 0.2) is 53.5 Å². The molecule has 3 heterocycles. The molecule has 0 atom stereocenters. The summed E-state index contributed by atoms with van der Waals surface area (Å²) in [6.45, 7) is -1.51. The van der Waals surface area contributed by atoms with Crippen molar-refractivity contribution in [2.75, 3.05) is 6.54 Å². The predicted octanol–water partition coefficient (Wildman–Crippen LogP) is 3.00. The minimum atomic E-state index is -4.51. The Morgan fingerprint density at radius 3 is 2.70 bits per heavy atom. The Morgan fingerprint density at radius 1 is 1.15 bits per heavy atom. The van der Waals surface area contributed by atoms with E-state index in [1.54, 1.807) is 29.7 Å². The molecule has 0 unspecified atom stereocenters. The van der Waals surface area contributed by atoms with Crippen LogP contribution in [-0.2, 0) is 6.61 Å². The van der Waals surface area contributed by atoms with E-state index < -0.39 is 18.6 Å². The second kappa shape index (κ2) is 7.85. The minimum Gasteiger partial charge on any atom is -0.472 e. The summed E-state index contributed by atoms with van der Waals surface area (Å²) in [6.07, 6.45) is -0.199. The SMILES string of the molecule is O=C(NCC(F)(F)F)c1cccnc1OCc1conc1-c1ccccn1. The van der Waals surface area contributed by atoms with Crippen LogP contribution in [0.5, 0.6) is 5.88 Å². The van der Waals surface area contributed by atoms with Gasteiger partial charge in [-0.3, -0.25) is 9.78 Å². The number of ether oxygens (including phenoxy) is 1. The molecule has 0 aliphatic rings. The highest BCUT2D eigenvalue weighted by Crippen LogP contribution is 2.22. The molecule has 10 heteroatoms. The Morgan fingerprint density at radius 2 is 1.96 bits per heavy atom. The third-order valence-electron chi connectivity index (χ3n) is 3.38. The van der Waals surface area contributed by atoms with Gasteiger partial charge in [0.15, 0.2) is 0 Å². The lowest BCUT2D eigenvalue weighted by Crippen LogP contribution is -2.34. The van der Waals surface area contributed by atoms with Crippen molar-refractivity contribution < 1.29 is 27.2 Å². The number of rotatable bonds is 6. The Balaban J connectivity index is 1.73. The van der Waals surface area contributed by atoms with Gasteiger partial charge in [-0.1, -0.05) is 11.2 Å². The summed E-state index contributed by atoms with van der Waals surface area (Å²) in [5.74, 6) is -1.05. The van der Waals surface area contributed by atoms with Crippen molar-refractivity contribution in [1.29, 1.82) is 0 Å². The molecule has 0 aliphatic carbocycles. The molecular formula is C17H13F3N4O3. The lowest BCUT2D eigenvalue weighted by molar-refractivity contribution is -0.123. The van der Waals surface area contributed by atoms with Gasteiger partial charge in [0, 0.05) is 12.4 Å². The van der Waals surface area contributed by atoms with E-state index in [1.165, 1.54) is 24.6 Å². The van der Waals surface area contributed by atoms with E-state index in [0.717, 1.165) is 0 Å². The fourth-order valence-corrected chi connectivity index (χ4v) is 2.17. The lowest BCUT2D eigenvalue weighted by atomic mass is 10.2. The third-order valence-corrected chi connectivity index (χ3v) is 3.38. The summed E-state index contributed by atoms with van der Waals surface area (Å²) < 4.78 is 47.3. The van der Waals surface area contributed by atoms with E-state index in [4.69, 9.17) is 9.26 Å². The van der Waals surface area contributed by atoms with Gasteiger partial charge in [0.05, 0.1) is 11.3 Å². The monoisotopic (exact) mass is 378 g/mol. The average Bonchev–Trinajstić information content (AvgIpc) is 3.13. The Hall–Kier alpha value is -3.43. The van der Waals surface area contributed by atoms with Crippen LogP contribution in [0.25, 0.3) is 11.4 Å². The Bertz CT molecular complexity index is 913. The number of halogens is 3. The molecule has 3 rings (SSSR count). The van der Waals surface area contributed by atoms with Crippen LogP contribution in [0, 0.1) is 0 Å². The maximum atomic E-state index is 12.3. The third kappa shape index (κ3) is 4.81. The highest BCUT2D eigenvalue weighted by molar-refractivity contribution is 5.96. The van der Waals surface area contributed by atoms with E-state index in [9.17, 15) is 18.0 Å². The molecule has 0 aliphatic heterocycles. The molecule has 0 saturated carbocycles. The zero-order chi connectivity index (χ0) is 19.3. The number of hydrogen-bond acceptors (Lipinski definition) is 6. The van der Waals surface area contributed by atoms with Gasteiger partial charge >= 0.3 is 6.18 Å². The van der Waals surface area contributed by atoms with Gasteiger partial charge in [-0.25, -0.2) is 4.98 Å². The van der Waals surface area contributed by atoms with E-state index in [0.29, 0.717) is 17.0 Å². The number of alkyl halides is 3. The molecular weight excluding hydrogens is 365 g/mol. The fraction of sp³-hybridized carbons (Fsp3) is 0.176. The van der Waals surface area contributed by atoms with Gasteiger partial charge in [0.1, 0.15) is 30.7 Å². The van der Waals surface area contributed by atoms with Crippen LogP contribution in [0.2, 0.25) is 0 Å². The zero-order valence-corrected chi connectivity index (χ0v) is 13.7. The van der Waals surface area contributed by atoms with Crippen LogP contribution in [0.4, 0.5) is 13.2 Å². The Kier molecular flexibility index (Phi) is 5.34. The average molecular weight is 378 g/mol. The maximum absolute atomic E-state index is 12.3. The van der Waals surface area contributed by atoms with Crippen molar-refractivity contribution in [3.8, 4) is 17.3 Å². The number of aromatic nitrogens is 3. The number of pyridine rings is 2. The smallest absolute Gasteiger partial charge is 0.405 e. The standard InChI is InChI=1S/C17H13F3N4O3/c18-17(19,20)10-23-15(25)12-4-3-7-22-16(12)26-8-11-9-27-24-14(11)13-5-1-2-6-21-13/h1-7,9H,8,10H2,(H,23,25). The first-order valence-corrected chi connectivity index (χ1v) is 7.71. The summed E-state index contributed by atoms with van der Waals surface area (Å²) in [5.41, 5.74) is 1.45. The van der Waals surface area contributed by atoms with Gasteiger partial charge in [-0.05, 0) is 24.3 Å². The van der Waals surface area contributed by atoms with Gasteiger partial charge in [-0.15, -0.1) is 0 Å². The molecule has 0 saturated heterocycles. The molecule has 0 aromatic carbocycles. The summed E-state index contributed by atoms with van der Waals surface area (Å²) in [7, 11) is 0.